The number of carbonyl (C=O) groups excluding carboxylic acids is 3. The third kappa shape index (κ3) is 4.12. The lowest BCUT2D eigenvalue weighted by atomic mass is 10.2. The van der Waals surface area contributed by atoms with Gasteiger partial charge in [-0.1, -0.05) is 11.5 Å². The Kier molecular flexibility index (Phi) is 5.64. The molecule has 0 spiro atoms. The van der Waals surface area contributed by atoms with E-state index >= 15 is 0 Å². The summed E-state index contributed by atoms with van der Waals surface area (Å²) in [4.78, 5) is 40.3. The molecular weight excluding hydrogens is 292 g/mol. The van der Waals surface area contributed by atoms with Crippen molar-refractivity contribution in [2.75, 3.05) is 6.54 Å². The average Bonchev–Trinajstić information content (AvgIpc) is 2.96. The molecule has 2 aliphatic rings. The van der Waals surface area contributed by atoms with E-state index in [0.717, 1.165) is 9.96 Å². The first-order valence-corrected chi connectivity index (χ1v) is 7.38. The fourth-order valence-electron chi connectivity index (χ4n) is 2.40. The van der Waals surface area contributed by atoms with Gasteiger partial charge in [0.1, 0.15) is 12.5 Å². The van der Waals surface area contributed by atoms with E-state index in [4.69, 9.17) is 4.84 Å². The van der Waals surface area contributed by atoms with Crippen LogP contribution >= 0.6 is 0 Å². The summed E-state index contributed by atoms with van der Waals surface area (Å²) in [5, 5.41) is 19.9. The molecule has 2 amide bonds. The van der Waals surface area contributed by atoms with Crippen LogP contribution in [0.2, 0.25) is 0 Å². The van der Waals surface area contributed by atoms with Gasteiger partial charge in [0.15, 0.2) is 0 Å². The smallest absolute Gasteiger partial charge is 0.325 e. The molecular formula is C14H20N2O6. The van der Waals surface area contributed by atoms with E-state index in [9.17, 15) is 24.6 Å². The molecule has 2 aliphatic heterocycles. The highest BCUT2D eigenvalue weighted by Gasteiger charge is 2.34. The van der Waals surface area contributed by atoms with Gasteiger partial charge < -0.3 is 15.1 Å². The SMILES string of the molecule is O=C(CCCCCN1C(=O)C=CC1=O)ON1C(O)CCC1O. The molecule has 0 aromatic rings. The summed E-state index contributed by atoms with van der Waals surface area (Å²) >= 11 is 0. The Balaban J connectivity index is 1.58. The van der Waals surface area contributed by atoms with Crippen LogP contribution in [0.25, 0.3) is 0 Å². The van der Waals surface area contributed by atoms with E-state index in [1.165, 1.54) is 12.2 Å². The third-order valence-electron chi connectivity index (χ3n) is 3.64. The van der Waals surface area contributed by atoms with Crippen molar-refractivity contribution in [2.24, 2.45) is 0 Å². The minimum Gasteiger partial charge on any atom is -0.375 e. The second kappa shape index (κ2) is 7.48. The number of hydrogen-bond acceptors (Lipinski definition) is 7. The number of imide groups is 1. The lowest BCUT2D eigenvalue weighted by Crippen LogP contribution is -2.37. The van der Waals surface area contributed by atoms with E-state index in [0.29, 0.717) is 38.6 Å². The first kappa shape index (κ1) is 16.6. The molecule has 0 radical (unpaired) electrons. The summed E-state index contributed by atoms with van der Waals surface area (Å²) in [6.07, 6.45) is 3.26. The quantitative estimate of drug-likeness (QED) is 0.489. The number of amides is 2. The van der Waals surface area contributed by atoms with Crippen molar-refractivity contribution in [3.8, 4) is 0 Å². The van der Waals surface area contributed by atoms with Gasteiger partial charge in [-0.2, -0.15) is 0 Å². The lowest BCUT2D eigenvalue weighted by molar-refractivity contribution is -0.261. The predicted octanol–water partition coefficient (Wildman–Crippen LogP) is -0.337. The molecule has 2 rings (SSSR count). The summed E-state index contributed by atoms with van der Waals surface area (Å²) in [6.45, 7) is 0.337. The van der Waals surface area contributed by atoms with Gasteiger partial charge in [0, 0.05) is 25.1 Å². The maximum atomic E-state index is 11.6. The lowest BCUT2D eigenvalue weighted by Gasteiger charge is -2.21. The molecule has 2 unspecified atom stereocenters. The maximum Gasteiger partial charge on any atom is 0.325 e. The highest BCUT2D eigenvalue weighted by molar-refractivity contribution is 6.12. The first-order chi connectivity index (χ1) is 10.5. The molecule has 0 aromatic heterocycles. The standard InChI is InChI=1S/C14H20N2O6/c17-10-5-6-11(18)15(10)9-3-1-2-4-14(21)22-16-12(19)7-8-13(16)20/h5-6,12-13,19-20H,1-4,7-9H2. The van der Waals surface area contributed by atoms with Crippen molar-refractivity contribution in [2.45, 2.75) is 51.0 Å². The normalized spacial score (nSPS) is 25.3. The number of rotatable bonds is 7. The van der Waals surface area contributed by atoms with Gasteiger partial charge in [-0.3, -0.25) is 19.3 Å². The van der Waals surface area contributed by atoms with Crippen LogP contribution in [0.15, 0.2) is 12.2 Å². The monoisotopic (exact) mass is 312 g/mol. The Morgan fingerprint density at radius 3 is 2.27 bits per heavy atom. The van der Waals surface area contributed by atoms with Crippen molar-refractivity contribution in [1.82, 2.24) is 9.96 Å². The number of hydrogen-bond donors (Lipinski definition) is 2. The second-order valence-corrected chi connectivity index (χ2v) is 5.33. The van der Waals surface area contributed by atoms with E-state index < -0.39 is 18.4 Å². The number of aliphatic hydroxyl groups excluding tert-OH is 2. The van der Waals surface area contributed by atoms with Crippen LogP contribution in [-0.4, -0.2) is 57.0 Å². The van der Waals surface area contributed by atoms with Crippen LogP contribution in [0.3, 0.4) is 0 Å². The predicted molar refractivity (Wildman–Crippen MR) is 73.5 cm³/mol. The molecule has 2 atom stereocenters. The van der Waals surface area contributed by atoms with Gasteiger partial charge >= 0.3 is 5.97 Å². The molecule has 2 heterocycles. The Morgan fingerprint density at radius 1 is 1.09 bits per heavy atom. The zero-order chi connectivity index (χ0) is 16.1. The van der Waals surface area contributed by atoms with Gasteiger partial charge in [-0.05, 0) is 25.7 Å². The Labute approximate surface area is 127 Å². The number of carbonyl (C=O) groups is 3. The molecule has 8 heteroatoms. The number of unbranched alkanes of at least 4 members (excludes halogenated alkanes) is 2. The van der Waals surface area contributed by atoms with E-state index in [-0.39, 0.29) is 18.2 Å². The highest BCUT2D eigenvalue weighted by atomic mass is 16.7. The topological polar surface area (TPSA) is 107 Å². The summed E-state index contributed by atoms with van der Waals surface area (Å²) in [5.74, 6) is -1.13. The van der Waals surface area contributed by atoms with Crippen molar-refractivity contribution in [1.29, 1.82) is 0 Å². The number of nitrogens with zero attached hydrogens (tertiary/aromatic N) is 2. The molecule has 0 aromatic carbocycles. The molecule has 0 saturated carbocycles. The van der Waals surface area contributed by atoms with Crippen molar-refractivity contribution in [3.05, 3.63) is 12.2 Å². The van der Waals surface area contributed by atoms with Crippen LogP contribution in [0.5, 0.6) is 0 Å². The Morgan fingerprint density at radius 2 is 1.68 bits per heavy atom. The van der Waals surface area contributed by atoms with Crippen molar-refractivity contribution in [3.63, 3.8) is 0 Å². The highest BCUT2D eigenvalue weighted by Crippen LogP contribution is 2.21. The minimum absolute atomic E-state index is 0.149. The van der Waals surface area contributed by atoms with E-state index in [2.05, 4.69) is 0 Å². The largest absolute Gasteiger partial charge is 0.375 e. The van der Waals surface area contributed by atoms with Crippen molar-refractivity contribution >= 4 is 17.8 Å². The third-order valence-corrected chi connectivity index (χ3v) is 3.64. The van der Waals surface area contributed by atoms with Crippen molar-refractivity contribution < 1.29 is 29.4 Å². The van der Waals surface area contributed by atoms with Gasteiger partial charge in [-0.25, -0.2) is 0 Å². The van der Waals surface area contributed by atoms with Crippen LogP contribution in [-0.2, 0) is 19.2 Å². The molecule has 122 valence electrons. The summed E-state index contributed by atoms with van der Waals surface area (Å²) in [7, 11) is 0. The van der Waals surface area contributed by atoms with Crippen LogP contribution in [0.1, 0.15) is 38.5 Å². The van der Waals surface area contributed by atoms with Gasteiger partial charge in [0.05, 0.1) is 0 Å². The first-order valence-electron chi connectivity index (χ1n) is 7.38. The van der Waals surface area contributed by atoms with E-state index in [1.807, 2.05) is 0 Å². The van der Waals surface area contributed by atoms with Crippen LogP contribution in [0, 0.1) is 0 Å². The molecule has 0 bridgehead atoms. The van der Waals surface area contributed by atoms with Gasteiger partial charge in [-0.15, -0.1) is 0 Å². The molecule has 2 N–H and O–H groups in total. The van der Waals surface area contributed by atoms with Gasteiger partial charge in [0.2, 0.25) is 0 Å². The zero-order valence-corrected chi connectivity index (χ0v) is 12.2. The molecule has 22 heavy (non-hydrogen) atoms. The average molecular weight is 312 g/mol. The minimum atomic E-state index is -0.960. The van der Waals surface area contributed by atoms with Gasteiger partial charge in [0.25, 0.3) is 11.8 Å². The second-order valence-electron chi connectivity index (χ2n) is 5.33. The number of hydroxylamine groups is 2. The zero-order valence-electron chi connectivity index (χ0n) is 12.2. The Bertz CT molecular complexity index is 450. The summed E-state index contributed by atoms with van der Waals surface area (Å²) in [6, 6.07) is 0. The van der Waals surface area contributed by atoms with Crippen LogP contribution < -0.4 is 0 Å². The molecule has 8 nitrogen and oxygen atoms in total. The van der Waals surface area contributed by atoms with Crippen LogP contribution in [0.4, 0.5) is 0 Å². The Hall–Kier alpha value is -1.77. The summed E-state index contributed by atoms with van der Waals surface area (Å²) < 4.78 is 0. The molecule has 1 saturated heterocycles. The van der Waals surface area contributed by atoms with E-state index in [1.54, 1.807) is 0 Å². The fraction of sp³-hybridized carbons (Fsp3) is 0.643. The molecule has 0 aliphatic carbocycles. The summed E-state index contributed by atoms with van der Waals surface area (Å²) in [5.41, 5.74) is 0. The number of aliphatic hydroxyl groups is 2. The fourth-order valence-corrected chi connectivity index (χ4v) is 2.40. The molecule has 1 fully saturated rings. The maximum absolute atomic E-state index is 11.6.